The van der Waals surface area contributed by atoms with Crippen LogP contribution in [0, 0.1) is 13.8 Å². The van der Waals surface area contributed by atoms with Gasteiger partial charge in [0.2, 0.25) is 0 Å². The van der Waals surface area contributed by atoms with Crippen LogP contribution in [-0.4, -0.2) is 0 Å². The first kappa shape index (κ1) is 29.8. The van der Waals surface area contributed by atoms with E-state index in [-0.39, 0.29) is 0 Å². The standard InChI is InChI=1S/C50H32O3/c1-29-25-51-27-43(29)48-35-14-5-3-12-33(35)46(34-13-4-6-15-36(34)48)31-22-23-32-41-20-11-21-42(50(41)53-45(32)24-31)47-37-16-7-9-18-39(37)49(44-28-52-26-30(44)2)40-19-10-8-17-38(40)47/h3-28H,1-2H3. The maximum Gasteiger partial charge on any atom is 0.143 e. The molecule has 0 radical (unpaired) electrons. The minimum absolute atomic E-state index is 0.868. The molecular formula is C50H32O3. The van der Waals surface area contributed by atoms with E-state index in [1.165, 1.54) is 65.3 Å². The van der Waals surface area contributed by atoms with Gasteiger partial charge in [0, 0.05) is 44.2 Å². The molecule has 0 atom stereocenters. The lowest BCUT2D eigenvalue weighted by atomic mass is 9.85. The van der Waals surface area contributed by atoms with Crippen LogP contribution in [0.15, 0.2) is 172 Å². The molecule has 3 aromatic heterocycles. The molecule has 250 valence electrons. The molecule has 0 aliphatic carbocycles. The summed E-state index contributed by atoms with van der Waals surface area (Å²) in [5.74, 6) is 0. The van der Waals surface area contributed by atoms with Crippen molar-refractivity contribution in [2.45, 2.75) is 13.8 Å². The summed E-state index contributed by atoms with van der Waals surface area (Å²) in [6.07, 6.45) is 7.41. The number of hydrogen-bond donors (Lipinski definition) is 0. The van der Waals surface area contributed by atoms with E-state index in [0.717, 1.165) is 55.3 Å². The number of para-hydroxylation sites is 1. The van der Waals surface area contributed by atoms with Crippen LogP contribution in [0.3, 0.4) is 0 Å². The van der Waals surface area contributed by atoms with Gasteiger partial charge in [-0.05, 0) is 91.3 Å². The zero-order valence-corrected chi connectivity index (χ0v) is 29.2. The van der Waals surface area contributed by atoms with Crippen LogP contribution in [0.2, 0.25) is 0 Å². The Balaban J connectivity index is 1.18. The fourth-order valence-corrected chi connectivity index (χ4v) is 8.82. The molecule has 0 fully saturated rings. The van der Waals surface area contributed by atoms with E-state index < -0.39 is 0 Å². The average Bonchev–Trinajstić information content (AvgIpc) is 3.93. The lowest BCUT2D eigenvalue weighted by Crippen LogP contribution is -1.91. The monoisotopic (exact) mass is 680 g/mol. The van der Waals surface area contributed by atoms with Gasteiger partial charge in [0.1, 0.15) is 11.2 Å². The highest BCUT2D eigenvalue weighted by Gasteiger charge is 2.23. The predicted octanol–water partition coefficient (Wildman–Crippen LogP) is 14.7. The number of fused-ring (bicyclic) bond motifs is 7. The quantitative estimate of drug-likeness (QED) is 0.174. The SMILES string of the molecule is Cc1cocc1-c1c2ccccc2c(-c2ccc3c(c2)oc2c(-c4c5ccccc5c(-c5cocc5C)c5ccccc45)cccc23)c2ccccc12. The van der Waals surface area contributed by atoms with E-state index in [1.54, 1.807) is 0 Å². The van der Waals surface area contributed by atoms with Gasteiger partial charge in [-0.25, -0.2) is 0 Å². The Bertz CT molecular complexity index is 3140. The minimum atomic E-state index is 0.868. The topological polar surface area (TPSA) is 39.4 Å². The van der Waals surface area contributed by atoms with Gasteiger partial charge in [0.25, 0.3) is 0 Å². The number of rotatable bonds is 4. The Kier molecular flexibility index (Phi) is 6.38. The number of aryl methyl sites for hydroxylation is 2. The van der Waals surface area contributed by atoms with Crippen molar-refractivity contribution >= 4 is 65.0 Å². The van der Waals surface area contributed by atoms with Crippen LogP contribution in [0.1, 0.15) is 11.1 Å². The fourth-order valence-electron chi connectivity index (χ4n) is 8.82. The predicted molar refractivity (Wildman–Crippen MR) is 219 cm³/mol. The molecule has 3 heterocycles. The zero-order chi connectivity index (χ0) is 35.2. The minimum Gasteiger partial charge on any atom is -0.472 e. The van der Waals surface area contributed by atoms with Crippen molar-refractivity contribution in [2.24, 2.45) is 0 Å². The summed E-state index contributed by atoms with van der Waals surface area (Å²) < 4.78 is 18.4. The van der Waals surface area contributed by atoms with E-state index in [9.17, 15) is 0 Å². The Morgan fingerprint density at radius 3 is 1.19 bits per heavy atom. The summed E-state index contributed by atoms with van der Waals surface area (Å²) in [6, 6.07) is 48.2. The highest BCUT2D eigenvalue weighted by atomic mass is 16.3. The number of benzene rings is 8. The molecule has 0 amide bonds. The van der Waals surface area contributed by atoms with Gasteiger partial charge < -0.3 is 13.3 Å². The van der Waals surface area contributed by atoms with Crippen LogP contribution < -0.4 is 0 Å². The van der Waals surface area contributed by atoms with E-state index in [1.807, 2.05) is 25.1 Å². The first-order valence-corrected chi connectivity index (χ1v) is 18.0. The first-order valence-electron chi connectivity index (χ1n) is 18.0. The molecule has 53 heavy (non-hydrogen) atoms. The molecule has 0 unspecified atom stereocenters. The van der Waals surface area contributed by atoms with Gasteiger partial charge in [0.05, 0.1) is 25.1 Å². The summed E-state index contributed by atoms with van der Waals surface area (Å²) in [5.41, 5.74) is 13.2. The molecule has 0 N–H and O–H groups in total. The van der Waals surface area contributed by atoms with Crippen molar-refractivity contribution < 1.29 is 13.3 Å². The third kappa shape index (κ3) is 4.28. The summed E-state index contributed by atoms with van der Waals surface area (Å²) >= 11 is 0. The molecule has 3 heteroatoms. The molecule has 11 rings (SSSR count). The Morgan fingerprint density at radius 1 is 0.340 bits per heavy atom. The molecule has 0 saturated carbocycles. The molecule has 0 saturated heterocycles. The Hall–Kier alpha value is -6.84. The average molecular weight is 681 g/mol. The van der Waals surface area contributed by atoms with Crippen molar-refractivity contribution in [3.05, 3.63) is 170 Å². The molecule has 0 bridgehead atoms. The number of hydrogen-bond acceptors (Lipinski definition) is 3. The maximum absolute atomic E-state index is 7.01. The highest BCUT2D eigenvalue weighted by molar-refractivity contribution is 6.25. The van der Waals surface area contributed by atoms with Gasteiger partial charge >= 0.3 is 0 Å². The van der Waals surface area contributed by atoms with Crippen LogP contribution in [-0.2, 0) is 0 Å². The second-order valence-corrected chi connectivity index (χ2v) is 14.1. The smallest absolute Gasteiger partial charge is 0.143 e. The van der Waals surface area contributed by atoms with Crippen molar-refractivity contribution in [2.75, 3.05) is 0 Å². The van der Waals surface area contributed by atoms with Gasteiger partial charge in [-0.15, -0.1) is 0 Å². The Labute approximate surface area is 305 Å². The van der Waals surface area contributed by atoms with Crippen molar-refractivity contribution in [3.8, 4) is 44.5 Å². The summed E-state index contributed by atoms with van der Waals surface area (Å²) in [4.78, 5) is 0. The summed E-state index contributed by atoms with van der Waals surface area (Å²) in [7, 11) is 0. The molecule has 0 spiro atoms. The van der Waals surface area contributed by atoms with Crippen molar-refractivity contribution in [1.29, 1.82) is 0 Å². The molecule has 8 aromatic carbocycles. The number of furan rings is 3. The second kappa shape index (κ2) is 11.3. The zero-order valence-electron chi connectivity index (χ0n) is 29.2. The summed E-state index contributed by atoms with van der Waals surface area (Å²) in [6.45, 7) is 4.22. The van der Waals surface area contributed by atoms with Gasteiger partial charge in [-0.1, -0.05) is 121 Å². The maximum atomic E-state index is 7.01. The third-order valence-electron chi connectivity index (χ3n) is 11.2. The highest BCUT2D eigenvalue weighted by Crippen LogP contribution is 2.49. The first-order chi connectivity index (χ1) is 26.2. The normalized spacial score (nSPS) is 12.0. The van der Waals surface area contributed by atoms with E-state index in [2.05, 4.69) is 147 Å². The molecule has 3 nitrogen and oxygen atoms in total. The lowest BCUT2D eigenvalue weighted by molar-refractivity contribution is 0.566. The molecular weight excluding hydrogens is 649 g/mol. The second-order valence-electron chi connectivity index (χ2n) is 14.1. The van der Waals surface area contributed by atoms with Gasteiger partial charge in [-0.3, -0.25) is 0 Å². The Morgan fingerprint density at radius 2 is 0.755 bits per heavy atom. The fraction of sp³-hybridized carbons (Fsp3) is 0.0400. The van der Waals surface area contributed by atoms with Crippen molar-refractivity contribution in [3.63, 3.8) is 0 Å². The third-order valence-corrected chi connectivity index (χ3v) is 11.2. The van der Waals surface area contributed by atoms with Crippen LogP contribution in [0.4, 0.5) is 0 Å². The van der Waals surface area contributed by atoms with E-state index in [4.69, 9.17) is 13.3 Å². The van der Waals surface area contributed by atoms with Gasteiger partial charge in [-0.2, -0.15) is 0 Å². The van der Waals surface area contributed by atoms with Crippen LogP contribution >= 0.6 is 0 Å². The molecule has 0 aliphatic heterocycles. The largest absolute Gasteiger partial charge is 0.472 e. The van der Waals surface area contributed by atoms with E-state index in [0.29, 0.717) is 0 Å². The van der Waals surface area contributed by atoms with Gasteiger partial charge in [0.15, 0.2) is 0 Å². The molecule has 11 aromatic rings. The summed E-state index contributed by atoms with van der Waals surface area (Å²) in [5, 5.41) is 11.7. The van der Waals surface area contributed by atoms with Crippen molar-refractivity contribution in [1.82, 2.24) is 0 Å². The van der Waals surface area contributed by atoms with Crippen LogP contribution in [0.25, 0.3) is 110 Å². The van der Waals surface area contributed by atoms with E-state index >= 15 is 0 Å². The van der Waals surface area contributed by atoms with Crippen LogP contribution in [0.5, 0.6) is 0 Å². The molecule has 0 aliphatic rings. The lowest BCUT2D eigenvalue weighted by Gasteiger charge is -2.17.